The first-order chi connectivity index (χ1) is 35.0. The van der Waals surface area contributed by atoms with E-state index in [2.05, 4.69) is 94.5 Å². The van der Waals surface area contributed by atoms with Crippen LogP contribution >= 0.6 is 0 Å². The first-order valence-electron chi connectivity index (χ1n) is 29.9. The van der Waals surface area contributed by atoms with E-state index >= 15 is 0 Å². The summed E-state index contributed by atoms with van der Waals surface area (Å²) in [5.74, 6) is -0.745. The van der Waals surface area contributed by atoms with Gasteiger partial charge in [-0.15, -0.1) is 0 Å². The van der Waals surface area contributed by atoms with Gasteiger partial charge in [0.1, 0.15) is 6.10 Å². The van der Waals surface area contributed by atoms with Gasteiger partial charge in [0.2, 0.25) is 0 Å². The van der Waals surface area contributed by atoms with Gasteiger partial charge in [0.25, 0.3) is 0 Å². The predicted molar refractivity (Wildman–Crippen MR) is 297 cm³/mol. The van der Waals surface area contributed by atoms with E-state index in [1.54, 1.807) is 0 Å². The second-order valence-corrected chi connectivity index (χ2v) is 38.0. The third-order valence-electron chi connectivity index (χ3n) is 19.9. The Kier molecular flexibility index (Phi) is 21.8. The van der Waals surface area contributed by atoms with Crippen LogP contribution in [0.5, 0.6) is 0 Å². The van der Waals surface area contributed by atoms with E-state index in [1.807, 2.05) is 7.11 Å². The smallest absolute Gasteiger partial charge is 0.192 e. The van der Waals surface area contributed by atoms with E-state index in [-0.39, 0.29) is 85.1 Å². The van der Waals surface area contributed by atoms with Crippen molar-refractivity contribution in [3.8, 4) is 0 Å². The zero-order chi connectivity index (χ0) is 52.7. The summed E-state index contributed by atoms with van der Waals surface area (Å²) in [7, 11) is -4.22. The second kappa shape index (κ2) is 26.6. The van der Waals surface area contributed by atoms with Crippen molar-refractivity contribution in [2.24, 2.45) is 11.8 Å². The van der Waals surface area contributed by atoms with Crippen LogP contribution in [0.1, 0.15) is 153 Å². The molecule has 9 bridgehead atoms. The molecule has 15 unspecified atom stereocenters. The zero-order valence-corrected chi connectivity index (χ0v) is 50.6. The number of rotatable bonds is 19. The van der Waals surface area contributed by atoms with Crippen molar-refractivity contribution in [2.75, 3.05) is 13.7 Å². The van der Waals surface area contributed by atoms with E-state index in [0.29, 0.717) is 58.0 Å². The molecule has 12 nitrogen and oxygen atoms in total. The predicted octanol–water partition coefficient (Wildman–Crippen LogP) is 12.1. The molecule has 73 heavy (non-hydrogen) atoms. The molecule has 6 saturated heterocycles. The lowest BCUT2D eigenvalue weighted by molar-refractivity contribution is -0.256. The molecule has 0 aromatic heterocycles. The standard InChI is InChI=1S/C58H104O12Si3/c1-14-71(15-2,16-3)62-38-45(69-72(17-4,18-5)19-6)34-52-55(61-13)46-33-42(59)25-23-24-26-49-57(70-73(20-7,21-8)22-9)54-36-53(65-49)56-47(60)37-58(67-54,68-56)30-29-44-32-40(11)48(63-44)28-27-43-31-39(10)41(12)50(64-43)35-51(46)66-52/h23-24,39,42-57,59-60H,11-12,14-22,25-38H2,1-10,13H3/b24-23+/t39?,42?,43?,44?,45?,46?,47-,48?,49?,50?,51?,52?,53-,54?,55-,56?,57?,58?/m1/s1. The summed E-state index contributed by atoms with van der Waals surface area (Å²) in [6.07, 6.45) is 9.03. The summed E-state index contributed by atoms with van der Waals surface area (Å²) in [5, 5.41) is 23.7. The molecule has 0 amide bonds. The minimum absolute atomic E-state index is 0.00653. The van der Waals surface area contributed by atoms with Gasteiger partial charge in [-0.25, -0.2) is 0 Å². The monoisotopic (exact) mass is 1080 g/mol. The molecule has 0 aliphatic carbocycles. The van der Waals surface area contributed by atoms with Gasteiger partial charge in [-0.1, -0.05) is 94.5 Å². The highest BCUT2D eigenvalue weighted by Crippen LogP contribution is 2.49. The van der Waals surface area contributed by atoms with E-state index in [9.17, 15) is 10.2 Å². The maximum atomic E-state index is 12.1. The number of aliphatic hydroxyl groups is 2. The normalized spacial score (nSPS) is 39.8. The molecule has 420 valence electrons. The summed E-state index contributed by atoms with van der Waals surface area (Å²) in [5.41, 5.74) is 2.25. The van der Waals surface area contributed by atoms with Crippen LogP contribution in [0.25, 0.3) is 0 Å². The fraction of sp³-hybridized carbons (Fsp3) is 0.897. The lowest BCUT2D eigenvalue weighted by Crippen LogP contribution is -2.58. The highest BCUT2D eigenvalue weighted by Gasteiger charge is 2.59. The van der Waals surface area contributed by atoms with Crippen molar-refractivity contribution >= 4 is 25.0 Å². The molecule has 6 fully saturated rings. The van der Waals surface area contributed by atoms with Crippen LogP contribution in [-0.4, -0.2) is 146 Å². The molecule has 18 atom stereocenters. The highest BCUT2D eigenvalue weighted by atomic mass is 28.4. The highest BCUT2D eigenvalue weighted by molar-refractivity contribution is 6.74. The van der Waals surface area contributed by atoms with E-state index in [4.69, 9.17) is 46.4 Å². The van der Waals surface area contributed by atoms with Crippen molar-refractivity contribution < 1.29 is 56.6 Å². The van der Waals surface area contributed by atoms with Gasteiger partial charge >= 0.3 is 0 Å². The number of hydrogen-bond donors (Lipinski definition) is 2. The fourth-order valence-electron chi connectivity index (χ4n) is 14.3. The van der Waals surface area contributed by atoms with Crippen molar-refractivity contribution in [2.45, 2.75) is 304 Å². The molecular formula is C58H104O12Si3. The van der Waals surface area contributed by atoms with Gasteiger partial charge in [0.15, 0.2) is 30.7 Å². The van der Waals surface area contributed by atoms with E-state index < -0.39 is 49.1 Å². The molecule has 0 aromatic rings. The number of fused-ring (bicyclic) bond motifs is 9. The van der Waals surface area contributed by atoms with Gasteiger partial charge in [0, 0.05) is 45.1 Å². The molecule has 15 heteroatoms. The van der Waals surface area contributed by atoms with Crippen molar-refractivity contribution in [3.05, 3.63) is 36.5 Å². The second-order valence-electron chi connectivity index (χ2n) is 23.8. The van der Waals surface area contributed by atoms with Gasteiger partial charge in [-0.05, 0) is 123 Å². The molecule has 0 aromatic carbocycles. The lowest BCUT2D eigenvalue weighted by atomic mass is 9.81. The molecule has 0 saturated carbocycles. The van der Waals surface area contributed by atoms with E-state index in [0.717, 1.165) is 97.6 Å². The van der Waals surface area contributed by atoms with Crippen LogP contribution < -0.4 is 0 Å². The number of methoxy groups -OCH3 is 1. The molecular weight excluding hydrogens is 973 g/mol. The van der Waals surface area contributed by atoms with Crippen molar-refractivity contribution in [1.82, 2.24) is 0 Å². The van der Waals surface area contributed by atoms with Gasteiger partial charge in [0.05, 0.1) is 92.1 Å². The largest absolute Gasteiger partial charge is 0.414 e. The molecule has 1 spiro atoms. The Morgan fingerprint density at radius 1 is 0.671 bits per heavy atom. The molecule has 7 aliphatic rings. The summed E-state index contributed by atoms with van der Waals surface area (Å²) >= 11 is 0. The van der Waals surface area contributed by atoms with Gasteiger partial charge in [-0.2, -0.15) is 0 Å². The Bertz CT molecular complexity index is 1750. The topological polar surface area (TPSA) is 133 Å². The Morgan fingerprint density at radius 3 is 1.99 bits per heavy atom. The molecule has 7 heterocycles. The maximum absolute atomic E-state index is 12.1. The van der Waals surface area contributed by atoms with Gasteiger partial charge < -0.3 is 56.6 Å². The van der Waals surface area contributed by atoms with Crippen molar-refractivity contribution in [3.63, 3.8) is 0 Å². The van der Waals surface area contributed by atoms with Crippen LogP contribution in [0.4, 0.5) is 0 Å². The average Bonchev–Trinajstić information content (AvgIpc) is 4.01. The molecule has 7 aliphatic heterocycles. The number of ether oxygens (including phenoxy) is 7. The van der Waals surface area contributed by atoms with Crippen LogP contribution in [0.3, 0.4) is 0 Å². The third-order valence-corrected chi connectivity index (χ3v) is 33.9. The Hall–Kier alpha value is -0.609. The summed E-state index contributed by atoms with van der Waals surface area (Å²) < 4.78 is 70.7. The first kappa shape index (κ1) is 60.0. The Labute approximate surface area is 446 Å². The third kappa shape index (κ3) is 13.9. The van der Waals surface area contributed by atoms with Gasteiger partial charge in [-0.3, -0.25) is 0 Å². The SMILES string of the molecule is C=C1CC2CCC34C[C@@H](O)C(O3)[C@H]3CC(O4)C(O[Si](CC)(CC)CC)C(C/C=C/CC(O)CC4C(CC5OC(CCC1O2)CC(C)C5=C)OC(CC(CO[Si](CC)(CC)CC)O[Si](CC)(CC)CC)[C@@H]4OC)O3. The Balaban J connectivity index is 1.19. The summed E-state index contributed by atoms with van der Waals surface area (Å²) in [6, 6.07) is 9.51. The van der Waals surface area contributed by atoms with Crippen molar-refractivity contribution in [1.29, 1.82) is 0 Å². The quantitative estimate of drug-likeness (QED) is 0.0942. The number of hydrogen-bond acceptors (Lipinski definition) is 12. The minimum atomic E-state index is -2.11. The maximum Gasteiger partial charge on any atom is 0.192 e. The molecule has 2 N–H and O–H groups in total. The first-order valence-corrected chi connectivity index (χ1v) is 37.5. The minimum Gasteiger partial charge on any atom is -0.414 e. The molecule has 7 rings (SSSR count). The fourth-order valence-corrected chi connectivity index (χ4v) is 22.7. The van der Waals surface area contributed by atoms with E-state index in [1.165, 1.54) is 0 Å². The lowest BCUT2D eigenvalue weighted by Gasteiger charge is -2.47. The van der Waals surface area contributed by atoms with Crippen LogP contribution in [0, 0.1) is 11.8 Å². The van der Waals surface area contributed by atoms with Crippen LogP contribution in [0.2, 0.25) is 54.4 Å². The Morgan fingerprint density at radius 2 is 1.33 bits per heavy atom. The molecule has 0 radical (unpaired) electrons. The average molecular weight is 1080 g/mol. The summed E-state index contributed by atoms with van der Waals surface area (Å²) in [6.45, 7) is 32.6. The number of aliphatic hydroxyl groups excluding tert-OH is 2. The summed E-state index contributed by atoms with van der Waals surface area (Å²) in [4.78, 5) is 0. The van der Waals surface area contributed by atoms with Crippen LogP contribution in [-0.2, 0) is 46.4 Å². The zero-order valence-electron chi connectivity index (χ0n) is 47.6. The van der Waals surface area contributed by atoms with Crippen LogP contribution in [0.15, 0.2) is 36.5 Å².